The van der Waals surface area contributed by atoms with Crippen LogP contribution in [-0.4, -0.2) is 24.4 Å². The quantitative estimate of drug-likeness (QED) is 0.749. The van der Waals surface area contributed by atoms with Crippen LogP contribution in [0.1, 0.15) is 33.1 Å². The van der Waals surface area contributed by atoms with Crippen LogP contribution in [-0.2, 0) is 4.74 Å². The molecule has 1 N–H and O–H groups in total. The Morgan fingerprint density at radius 1 is 1.57 bits per heavy atom. The minimum atomic E-state index is -0.595. The summed E-state index contributed by atoms with van der Waals surface area (Å²) in [6.07, 6.45) is 1.93. The number of aliphatic hydroxyl groups excluding tert-OH is 1. The van der Waals surface area contributed by atoms with E-state index in [1.165, 1.54) is 0 Å². The molecule has 2 unspecified atom stereocenters. The van der Waals surface area contributed by atoms with Gasteiger partial charge in [-0.2, -0.15) is 5.26 Å². The minimum absolute atomic E-state index is 0.230. The summed E-state index contributed by atoms with van der Waals surface area (Å²) in [5.74, 6) is 0.230. The molecule has 80 valence electrons. The van der Waals surface area contributed by atoms with Gasteiger partial charge in [-0.1, -0.05) is 6.92 Å². The molecule has 1 saturated heterocycles. The Bertz CT molecular complexity index is 218. The fourth-order valence-corrected chi connectivity index (χ4v) is 1.91. The predicted octanol–water partition coefficient (Wildman–Crippen LogP) is 1.71. The van der Waals surface area contributed by atoms with Crippen LogP contribution in [0.25, 0.3) is 0 Å². The van der Waals surface area contributed by atoms with Crippen molar-refractivity contribution in [2.45, 2.75) is 39.2 Å². The molecule has 0 radical (unpaired) electrons. The highest BCUT2D eigenvalue weighted by molar-refractivity contribution is 5.01. The molecule has 2 atom stereocenters. The zero-order valence-electron chi connectivity index (χ0n) is 8.99. The van der Waals surface area contributed by atoms with Crippen molar-refractivity contribution >= 4 is 0 Å². The van der Waals surface area contributed by atoms with Gasteiger partial charge < -0.3 is 9.84 Å². The highest BCUT2D eigenvalue weighted by atomic mass is 16.5. The highest BCUT2D eigenvalue weighted by Crippen LogP contribution is 2.33. The summed E-state index contributed by atoms with van der Waals surface area (Å²) in [5.41, 5.74) is -0.595. The summed E-state index contributed by atoms with van der Waals surface area (Å²) < 4.78 is 5.24. The van der Waals surface area contributed by atoms with Crippen molar-refractivity contribution in [3.8, 4) is 6.07 Å². The molecular weight excluding hydrogens is 178 g/mol. The second-order valence-corrected chi connectivity index (χ2v) is 4.28. The van der Waals surface area contributed by atoms with Crippen LogP contribution in [0.3, 0.4) is 0 Å². The lowest BCUT2D eigenvalue weighted by atomic mass is 9.75. The van der Waals surface area contributed by atoms with Gasteiger partial charge in [-0.3, -0.25) is 0 Å². The van der Waals surface area contributed by atoms with Gasteiger partial charge in [0.05, 0.1) is 17.6 Å². The van der Waals surface area contributed by atoms with E-state index in [1.54, 1.807) is 0 Å². The summed E-state index contributed by atoms with van der Waals surface area (Å²) in [6.45, 7) is 5.22. The average molecular weight is 197 g/mol. The normalized spacial score (nSPS) is 25.0. The first kappa shape index (κ1) is 11.5. The van der Waals surface area contributed by atoms with Gasteiger partial charge in [-0.15, -0.1) is 0 Å². The van der Waals surface area contributed by atoms with E-state index in [2.05, 4.69) is 6.07 Å². The molecule has 3 heteroatoms. The predicted molar refractivity (Wildman–Crippen MR) is 53.6 cm³/mol. The number of aliphatic hydroxyl groups is 1. The van der Waals surface area contributed by atoms with Gasteiger partial charge in [0, 0.05) is 13.2 Å². The number of hydrogen-bond donors (Lipinski definition) is 1. The second kappa shape index (κ2) is 4.77. The maximum Gasteiger partial charge on any atom is 0.0804 e. The average Bonchev–Trinajstić information content (AvgIpc) is 2.28. The molecule has 14 heavy (non-hydrogen) atoms. The van der Waals surface area contributed by atoms with Crippen LogP contribution in [0, 0.1) is 22.7 Å². The molecule has 0 aliphatic carbocycles. The summed E-state index contributed by atoms with van der Waals surface area (Å²) in [7, 11) is 0. The number of nitriles is 1. The number of nitrogens with zero attached hydrogens (tertiary/aromatic N) is 1. The maximum atomic E-state index is 10.1. The van der Waals surface area contributed by atoms with Gasteiger partial charge in [-0.25, -0.2) is 0 Å². The van der Waals surface area contributed by atoms with Crippen molar-refractivity contribution in [2.75, 3.05) is 13.2 Å². The summed E-state index contributed by atoms with van der Waals surface area (Å²) >= 11 is 0. The SMILES string of the molecule is CCC(C)(C#N)C(O)C1CCOCC1. The first-order valence-electron chi connectivity index (χ1n) is 5.31. The molecule has 1 rings (SSSR count). The third-order valence-electron chi connectivity index (χ3n) is 3.36. The van der Waals surface area contributed by atoms with Crippen molar-refractivity contribution in [1.82, 2.24) is 0 Å². The van der Waals surface area contributed by atoms with Crippen molar-refractivity contribution in [3.05, 3.63) is 0 Å². The Balaban J connectivity index is 2.62. The Morgan fingerprint density at radius 2 is 2.14 bits per heavy atom. The minimum Gasteiger partial charge on any atom is -0.391 e. The zero-order valence-corrected chi connectivity index (χ0v) is 8.99. The molecule has 3 nitrogen and oxygen atoms in total. The van der Waals surface area contributed by atoms with E-state index in [4.69, 9.17) is 10.00 Å². The van der Waals surface area contributed by atoms with Crippen molar-refractivity contribution in [2.24, 2.45) is 11.3 Å². The molecule has 0 spiro atoms. The first-order valence-corrected chi connectivity index (χ1v) is 5.31. The summed E-state index contributed by atoms with van der Waals surface area (Å²) in [6, 6.07) is 2.23. The van der Waals surface area contributed by atoms with Crippen molar-refractivity contribution < 1.29 is 9.84 Å². The maximum absolute atomic E-state index is 10.1. The molecule has 1 aliphatic rings. The van der Waals surface area contributed by atoms with Gasteiger partial charge in [0.25, 0.3) is 0 Å². The van der Waals surface area contributed by atoms with Gasteiger partial charge >= 0.3 is 0 Å². The van der Waals surface area contributed by atoms with E-state index >= 15 is 0 Å². The molecule has 1 heterocycles. The largest absolute Gasteiger partial charge is 0.391 e. The van der Waals surface area contributed by atoms with E-state index in [-0.39, 0.29) is 5.92 Å². The lowest BCUT2D eigenvalue weighted by Gasteiger charge is -2.34. The Hall–Kier alpha value is -0.590. The Kier molecular flexibility index (Phi) is 3.91. The standard InChI is InChI=1S/C11H19NO2/c1-3-11(2,8-12)10(13)9-4-6-14-7-5-9/h9-10,13H,3-7H2,1-2H3. The zero-order chi connectivity index (χ0) is 10.6. The van der Waals surface area contributed by atoms with Crippen LogP contribution < -0.4 is 0 Å². The van der Waals surface area contributed by atoms with E-state index in [9.17, 15) is 5.11 Å². The highest BCUT2D eigenvalue weighted by Gasteiger charge is 2.37. The smallest absolute Gasteiger partial charge is 0.0804 e. The van der Waals surface area contributed by atoms with Crippen LogP contribution in [0.15, 0.2) is 0 Å². The number of rotatable bonds is 3. The molecule has 0 saturated carbocycles. The van der Waals surface area contributed by atoms with Crippen molar-refractivity contribution in [1.29, 1.82) is 5.26 Å². The molecule has 1 fully saturated rings. The van der Waals surface area contributed by atoms with E-state index in [1.807, 2.05) is 13.8 Å². The Morgan fingerprint density at radius 3 is 2.57 bits per heavy atom. The van der Waals surface area contributed by atoms with E-state index < -0.39 is 11.5 Å². The van der Waals surface area contributed by atoms with Crippen molar-refractivity contribution in [3.63, 3.8) is 0 Å². The fourth-order valence-electron chi connectivity index (χ4n) is 1.91. The fraction of sp³-hybridized carbons (Fsp3) is 0.909. The lowest BCUT2D eigenvalue weighted by molar-refractivity contribution is -0.0340. The molecule has 0 bridgehead atoms. The van der Waals surface area contributed by atoms with Crippen LogP contribution >= 0.6 is 0 Å². The van der Waals surface area contributed by atoms with Gasteiger partial charge in [0.1, 0.15) is 0 Å². The first-order chi connectivity index (χ1) is 6.64. The molecule has 0 aromatic carbocycles. The summed E-state index contributed by atoms with van der Waals surface area (Å²) in [5, 5.41) is 19.2. The van der Waals surface area contributed by atoms with Gasteiger partial charge in [0.15, 0.2) is 0 Å². The second-order valence-electron chi connectivity index (χ2n) is 4.28. The Labute approximate surface area is 85.7 Å². The molecule has 0 aromatic heterocycles. The molecule has 0 amide bonds. The van der Waals surface area contributed by atoms with Crippen LogP contribution in [0.2, 0.25) is 0 Å². The third kappa shape index (κ3) is 2.26. The van der Waals surface area contributed by atoms with E-state index in [0.29, 0.717) is 19.6 Å². The molecule has 1 aliphatic heterocycles. The van der Waals surface area contributed by atoms with Gasteiger partial charge in [-0.05, 0) is 32.1 Å². The van der Waals surface area contributed by atoms with E-state index in [0.717, 1.165) is 12.8 Å². The lowest BCUT2D eigenvalue weighted by Crippen LogP contribution is -2.39. The monoisotopic (exact) mass is 197 g/mol. The molecular formula is C11H19NO2. The molecule has 0 aromatic rings. The van der Waals surface area contributed by atoms with Crippen LogP contribution in [0.5, 0.6) is 0 Å². The van der Waals surface area contributed by atoms with Gasteiger partial charge in [0.2, 0.25) is 0 Å². The third-order valence-corrected chi connectivity index (χ3v) is 3.36. The van der Waals surface area contributed by atoms with Crippen LogP contribution in [0.4, 0.5) is 0 Å². The summed E-state index contributed by atoms with van der Waals surface area (Å²) in [4.78, 5) is 0. The topological polar surface area (TPSA) is 53.2 Å². The number of ether oxygens (including phenoxy) is 1. The number of hydrogen-bond acceptors (Lipinski definition) is 3.